The molecule has 0 spiro atoms. The normalized spacial score (nSPS) is 9.50. The number of aromatic nitrogens is 2. The summed E-state index contributed by atoms with van der Waals surface area (Å²) in [5.74, 6) is 0.688. The third-order valence-electron chi connectivity index (χ3n) is 2.06. The second-order valence-corrected chi connectivity index (χ2v) is 3.05. The van der Waals surface area contributed by atoms with Crippen LogP contribution in [0.4, 0.5) is 0 Å². The fraction of sp³-hybridized carbons (Fsp3) is 0.333. The van der Waals surface area contributed by atoms with E-state index in [0.29, 0.717) is 17.1 Å². The number of carbonyl (C=O) groups excluding carboxylic acids is 1. The van der Waals surface area contributed by atoms with Gasteiger partial charge in [-0.1, -0.05) is 13.8 Å². The van der Waals surface area contributed by atoms with Crippen LogP contribution in [0.5, 0.6) is 5.75 Å². The lowest BCUT2D eigenvalue weighted by Crippen LogP contribution is -1.90. The van der Waals surface area contributed by atoms with Crippen molar-refractivity contribution in [2.45, 2.75) is 20.8 Å². The van der Waals surface area contributed by atoms with Crippen LogP contribution in [0.1, 0.15) is 31.3 Å². The highest BCUT2D eigenvalue weighted by Gasteiger charge is 2.06. The Bertz CT molecular complexity index is 489. The van der Waals surface area contributed by atoms with Crippen LogP contribution in [0.3, 0.4) is 0 Å². The maximum Gasteiger partial charge on any atom is 0.176 e. The Morgan fingerprint density at radius 3 is 2.62 bits per heavy atom. The smallest absolute Gasteiger partial charge is 0.176 e. The Morgan fingerprint density at radius 1 is 1.38 bits per heavy atom. The Kier molecular flexibility index (Phi) is 4.05. The summed E-state index contributed by atoms with van der Waals surface area (Å²) >= 11 is 0. The van der Waals surface area contributed by atoms with E-state index in [1.165, 1.54) is 6.92 Å². The van der Waals surface area contributed by atoms with Gasteiger partial charge in [0.25, 0.3) is 0 Å². The average Bonchev–Trinajstić information content (AvgIpc) is 2.74. The number of aromatic amines is 1. The van der Waals surface area contributed by atoms with E-state index in [2.05, 4.69) is 9.97 Å². The Hall–Kier alpha value is -1.84. The van der Waals surface area contributed by atoms with E-state index in [4.69, 9.17) is 4.74 Å². The number of hydrogen-bond donors (Lipinski definition) is 1. The Balaban J connectivity index is 0.000000606. The molecule has 0 radical (unpaired) electrons. The first-order valence-electron chi connectivity index (χ1n) is 5.24. The van der Waals surface area contributed by atoms with Gasteiger partial charge in [-0.15, -0.1) is 0 Å². The molecule has 4 heteroatoms. The predicted octanol–water partition coefficient (Wildman–Crippen LogP) is 2.80. The number of carbonyl (C=O) groups is 1. The molecule has 0 unspecified atom stereocenters. The first-order chi connectivity index (χ1) is 7.70. The third-order valence-corrected chi connectivity index (χ3v) is 2.06. The predicted molar refractivity (Wildman–Crippen MR) is 64.0 cm³/mol. The number of Topliss-reactive ketones (excluding diaryl/α,β-unsaturated/α-hetero) is 1. The molecule has 2 heterocycles. The van der Waals surface area contributed by atoms with Crippen molar-refractivity contribution in [1.82, 2.24) is 9.97 Å². The molecule has 0 aliphatic heterocycles. The van der Waals surface area contributed by atoms with Crippen molar-refractivity contribution in [3.05, 3.63) is 24.0 Å². The van der Waals surface area contributed by atoms with E-state index in [0.717, 1.165) is 5.39 Å². The minimum atomic E-state index is 0.00182. The van der Waals surface area contributed by atoms with Gasteiger partial charge in [0.05, 0.1) is 19.0 Å². The molecule has 16 heavy (non-hydrogen) atoms. The summed E-state index contributed by atoms with van der Waals surface area (Å²) in [5, 5.41) is 0.884. The quantitative estimate of drug-likeness (QED) is 0.792. The molecule has 0 aliphatic carbocycles. The summed E-state index contributed by atoms with van der Waals surface area (Å²) in [6.07, 6.45) is 1.61. The summed E-state index contributed by atoms with van der Waals surface area (Å²) < 4.78 is 5.03. The lowest BCUT2D eigenvalue weighted by Gasteiger charge is -1.96. The zero-order chi connectivity index (χ0) is 12.1. The second kappa shape index (κ2) is 5.30. The fourth-order valence-corrected chi connectivity index (χ4v) is 1.30. The molecule has 0 aromatic carbocycles. The number of pyridine rings is 1. The summed E-state index contributed by atoms with van der Waals surface area (Å²) in [4.78, 5) is 18.1. The molecule has 2 aromatic rings. The van der Waals surface area contributed by atoms with Crippen LogP contribution in [0.2, 0.25) is 0 Å². The molecule has 0 atom stereocenters. The zero-order valence-electron chi connectivity index (χ0n) is 10.00. The minimum Gasteiger partial charge on any atom is -0.495 e. The van der Waals surface area contributed by atoms with Gasteiger partial charge in [-0.3, -0.25) is 4.79 Å². The van der Waals surface area contributed by atoms with Gasteiger partial charge < -0.3 is 9.72 Å². The summed E-state index contributed by atoms with van der Waals surface area (Å²) in [6.45, 7) is 5.52. The number of ketones is 1. The van der Waals surface area contributed by atoms with Crippen molar-refractivity contribution in [3.8, 4) is 5.75 Å². The van der Waals surface area contributed by atoms with Crippen LogP contribution in [0.15, 0.2) is 18.3 Å². The van der Waals surface area contributed by atoms with Gasteiger partial charge in [-0.25, -0.2) is 4.98 Å². The van der Waals surface area contributed by atoms with E-state index in [-0.39, 0.29) is 5.78 Å². The molecule has 0 aliphatic rings. The van der Waals surface area contributed by atoms with E-state index in [9.17, 15) is 4.79 Å². The maximum absolute atomic E-state index is 11.1. The number of nitrogens with zero attached hydrogens (tertiary/aromatic N) is 1. The van der Waals surface area contributed by atoms with Crippen molar-refractivity contribution < 1.29 is 9.53 Å². The Morgan fingerprint density at radius 2 is 2.06 bits per heavy atom. The topological polar surface area (TPSA) is 55.0 Å². The number of fused-ring (bicyclic) bond motifs is 1. The van der Waals surface area contributed by atoms with Crippen molar-refractivity contribution in [1.29, 1.82) is 0 Å². The first-order valence-corrected chi connectivity index (χ1v) is 5.24. The monoisotopic (exact) mass is 220 g/mol. The van der Waals surface area contributed by atoms with Crippen molar-refractivity contribution >= 4 is 16.8 Å². The molecular formula is C12H16N2O2. The first kappa shape index (κ1) is 12.2. The minimum absolute atomic E-state index is 0.00182. The van der Waals surface area contributed by atoms with E-state index in [1.807, 2.05) is 19.9 Å². The fourth-order valence-electron chi connectivity index (χ4n) is 1.30. The summed E-state index contributed by atoms with van der Waals surface area (Å²) in [7, 11) is 1.58. The van der Waals surface area contributed by atoms with E-state index >= 15 is 0 Å². The average molecular weight is 220 g/mol. The molecule has 2 rings (SSSR count). The van der Waals surface area contributed by atoms with E-state index < -0.39 is 0 Å². The van der Waals surface area contributed by atoms with Crippen molar-refractivity contribution in [2.24, 2.45) is 0 Å². The van der Waals surface area contributed by atoms with Crippen molar-refractivity contribution in [3.63, 3.8) is 0 Å². The molecule has 4 nitrogen and oxygen atoms in total. The molecule has 1 N–H and O–H groups in total. The van der Waals surface area contributed by atoms with Gasteiger partial charge in [-0.05, 0) is 12.1 Å². The number of ether oxygens (including phenoxy) is 1. The van der Waals surface area contributed by atoms with Gasteiger partial charge in [0.1, 0.15) is 11.4 Å². The van der Waals surface area contributed by atoms with Crippen LogP contribution in [0.25, 0.3) is 11.0 Å². The largest absolute Gasteiger partial charge is 0.495 e. The molecule has 0 fully saturated rings. The summed E-state index contributed by atoms with van der Waals surface area (Å²) in [6, 6.07) is 3.61. The van der Waals surface area contributed by atoms with Gasteiger partial charge in [-0.2, -0.15) is 0 Å². The van der Waals surface area contributed by atoms with E-state index in [1.54, 1.807) is 19.4 Å². The second-order valence-electron chi connectivity index (χ2n) is 3.05. The molecule has 0 saturated carbocycles. The van der Waals surface area contributed by atoms with Gasteiger partial charge >= 0.3 is 0 Å². The van der Waals surface area contributed by atoms with Gasteiger partial charge in [0, 0.05) is 12.3 Å². The third kappa shape index (κ3) is 2.39. The molecule has 0 saturated heterocycles. The van der Waals surface area contributed by atoms with Crippen LogP contribution < -0.4 is 4.74 Å². The standard InChI is InChI=1S/C10H10N2O2.C2H6/c1-6(13)9-4-7-3-8(14-2)5-11-10(7)12-9;1-2/h3-5H,1-2H3,(H,11,12);1-2H3. The van der Waals surface area contributed by atoms with Gasteiger partial charge in [0.2, 0.25) is 0 Å². The number of H-pyrrole nitrogens is 1. The maximum atomic E-state index is 11.1. The molecular weight excluding hydrogens is 204 g/mol. The highest BCUT2D eigenvalue weighted by atomic mass is 16.5. The molecule has 2 aromatic heterocycles. The highest BCUT2D eigenvalue weighted by molar-refractivity contribution is 5.97. The van der Waals surface area contributed by atoms with Crippen LogP contribution in [0, 0.1) is 0 Å². The number of hydrogen-bond acceptors (Lipinski definition) is 3. The molecule has 0 bridgehead atoms. The molecule has 86 valence electrons. The highest BCUT2D eigenvalue weighted by Crippen LogP contribution is 2.18. The van der Waals surface area contributed by atoms with Crippen LogP contribution in [-0.4, -0.2) is 22.9 Å². The molecule has 0 amide bonds. The SMILES string of the molecule is CC.COc1cnc2[nH]c(C(C)=O)cc2c1. The van der Waals surface area contributed by atoms with Crippen molar-refractivity contribution in [2.75, 3.05) is 7.11 Å². The van der Waals surface area contributed by atoms with Gasteiger partial charge in [0.15, 0.2) is 5.78 Å². The summed E-state index contributed by atoms with van der Waals surface area (Å²) in [5.41, 5.74) is 1.27. The number of rotatable bonds is 2. The lowest BCUT2D eigenvalue weighted by atomic mass is 10.3. The Labute approximate surface area is 94.6 Å². The van der Waals surface area contributed by atoms with Crippen LogP contribution in [-0.2, 0) is 0 Å². The zero-order valence-corrected chi connectivity index (χ0v) is 10.00. The lowest BCUT2D eigenvalue weighted by molar-refractivity contribution is 0.101. The number of nitrogens with one attached hydrogen (secondary N) is 1. The number of methoxy groups -OCH3 is 1. The van der Waals surface area contributed by atoms with Crippen LogP contribution >= 0.6 is 0 Å².